The topological polar surface area (TPSA) is 55.4 Å². The second-order valence-electron chi connectivity index (χ2n) is 2.64. The van der Waals surface area contributed by atoms with Crippen LogP contribution in [0, 0.1) is 0 Å². The van der Waals surface area contributed by atoms with Crippen molar-refractivity contribution in [1.29, 1.82) is 0 Å². The van der Waals surface area contributed by atoms with Gasteiger partial charge in [0.2, 0.25) is 5.91 Å². The molecule has 1 N–H and O–H groups in total. The van der Waals surface area contributed by atoms with Gasteiger partial charge in [0.05, 0.1) is 22.8 Å². The molecule has 1 amide bonds. The molecule has 0 fully saturated rings. The van der Waals surface area contributed by atoms with Crippen molar-refractivity contribution in [3.8, 4) is 0 Å². The lowest BCUT2D eigenvalue weighted by atomic mass is 10.4. The zero-order valence-electron chi connectivity index (χ0n) is 7.33. The van der Waals surface area contributed by atoms with Crippen molar-refractivity contribution in [2.45, 2.75) is 4.21 Å². The van der Waals surface area contributed by atoms with E-state index in [-0.39, 0.29) is 11.9 Å². The van der Waals surface area contributed by atoms with Gasteiger partial charge in [-0.15, -0.1) is 23.1 Å². The first-order valence-corrected chi connectivity index (χ1v) is 5.65. The molecule has 0 unspecified atom stereocenters. The van der Waals surface area contributed by atoms with E-state index >= 15 is 0 Å². The molecule has 2 rings (SSSR count). The lowest BCUT2D eigenvalue weighted by Crippen LogP contribution is -2.17. The van der Waals surface area contributed by atoms with Crippen LogP contribution in [0.25, 0.3) is 0 Å². The highest BCUT2D eigenvalue weighted by molar-refractivity contribution is 8.02. The van der Waals surface area contributed by atoms with E-state index in [0.717, 1.165) is 9.90 Å². The lowest BCUT2D eigenvalue weighted by Gasteiger charge is -2.10. The second-order valence-corrected chi connectivity index (χ2v) is 4.94. The van der Waals surface area contributed by atoms with Crippen LogP contribution in [0.5, 0.6) is 0 Å². The summed E-state index contributed by atoms with van der Waals surface area (Å²) in [5.41, 5.74) is 0.719. The molecule has 1 aromatic rings. The van der Waals surface area contributed by atoms with Crippen molar-refractivity contribution in [3.63, 3.8) is 0 Å². The Morgan fingerprint density at radius 1 is 1.64 bits per heavy atom. The highest BCUT2D eigenvalue weighted by atomic mass is 32.2. The van der Waals surface area contributed by atoms with Gasteiger partial charge in [0.1, 0.15) is 4.88 Å². The normalized spacial score (nSPS) is 14.5. The van der Waals surface area contributed by atoms with E-state index in [2.05, 4.69) is 10.1 Å². The summed E-state index contributed by atoms with van der Waals surface area (Å²) in [5.74, 6) is 0.0182. The molecule has 14 heavy (non-hydrogen) atoms. The fourth-order valence-electron chi connectivity index (χ4n) is 1.09. The maximum atomic E-state index is 11.2. The Bertz CT molecular complexity index is 399. The van der Waals surface area contributed by atoms with E-state index < -0.39 is 0 Å². The van der Waals surface area contributed by atoms with Crippen LogP contribution in [0.3, 0.4) is 0 Å². The van der Waals surface area contributed by atoms with Gasteiger partial charge < -0.3 is 10.1 Å². The first-order chi connectivity index (χ1) is 6.70. The van der Waals surface area contributed by atoms with Crippen LogP contribution < -0.4 is 5.32 Å². The molecule has 1 aromatic heterocycles. The molecule has 0 radical (unpaired) electrons. The standard InChI is InChI=1S/C8H7NO3S2/c1-12-7(11)5-2-4-8(14-5)13-3-6(10)9-4/h2H,3H2,1H3,(H,9,10). The number of nitrogens with one attached hydrogen (secondary N) is 1. The summed E-state index contributed by atoms with van der Waals surface area (Å²) in [7, 11) is 1.34. The Balaban J connectivity index is 2.32. The Labute approximate surface area is 88.6 Å². The molecule has 0 bridgehead atoms. The Morgan fingerprint density at radius 2 is 2.43 bits per heavy atom. The van der Waals surface area contributed by atoms with E-state index in [0.29, 0.717) is 10.6 Å². The predicted molar refractivity (Wildman–Crippen MR) is 55.0 cm³/mol. The Kier molecular flexibility index (Phi) is 2.47. The fraction of sp³-hybridized carbons (Fsp3) is 0.250. The van der Waals surface area contributed by atoms with Gasteiger partial charge in [-0.2, -0.15) is 0 Å². The molecular weight excluding hydrogens is 222 g/mol. The number of carbonyl (C=O) groups is 2. The van der Waals surface area contributed by atoms with Gasteiger partial charge in [-0.25, -0.2) is 4.79 Å². The number of fused-ring (bicyclic) bond motifs is 1. The van der Waals surface area contributed by atoms with Gasteiger partial charge in [0.15, 0.2) is 0 Å². The monoisotopic (exact) mass is 229 g/mol. The SMILES string of the molecule is COC(=O)c1cc2c(s1)SCC(=O)N2. The maximum absolute atomic E-state index is 11.2. The molecule has 0 aromatic carbocycles. The van der Waals surface area contributed by atoms with Crippen molar-refractivity contribution >= 4 is 40.7 Å². The van der Waals surface area contributed by atoms with E-state index in [1.54, 1.807) is 6.07 Å². The predicted octanol–water partition coefficient (Wildman–Crippen LogP) is 1.58. The van der Waals surface area contributed by atoms with Crippen molar-refractivity contribution in [2.75, 3.05) is 18.2 Å². The highest BCUT2D eigenvalue weighted by Gasteiger charge is 2.21. The van der Waals surface area contributed by atoms with E-state index in [1.165, 1.54) is 30.2 Å². The third-order valence-corrected chi connectivity index (χ3v) is 4.09. The van der Waals surface area contributed by atoms with Crippen molar-refractivity contribution in [1.82, 2.24) is 0 Å². The number of thiophene rings is 1. The van der Waals surface area contributed by atoms with Crippen molar-refractivity contribution in [3.05, 3.63) is 10.9 Å². The van der Waals surface area contributed by atoms with Crippen LogP contribution in [0.4, 0.5) is 5.69 Å². The minimum absolute atomic E-state index is 0.0308. The number of hydrogen-bond donors (Lipinski definition) is 1. The minimum Gasteiger partial charge on any atom is -0.465 e. The summed E-state index contributed by atoms with van der Waals surface area (Å²) >= 11 is 2.79. The van der Waals surface area contributed by atoms with Gasteiger partial charge in [0, 0.05) is 0 Å². The second kappa shape index (κ2) is 3.62. The third kappa shape index (κ3) is 1.62. The summed E-state index contributed by atoms with van der Waals surface area (Å²) in [6.07, 6.45) is 0. The smallest absolute Gasteiger partial charge is 0.348 e. The average molecular weight is 229 g/mol. The van der Waals surface area contributed by atoms with Crippen LogP contribution in [0.2, 0.25) is 0 Å². The maximum Gasteiger partial charge on any atom is 0.348 e. The number of rotatable bonds is 1. The molecule has 0 saturated heterocycles. The van der Waals surface area contributed by atoms with Gasteiger partial charge in [-0.1, -0.05) is 0 Å². The fourth-order valence-corrected chi connectivity index (χ4v) is 3.13. The number of methoxy groups -OCH3 is 1. The molecule has 0 atom stereocenters. The number of esters is 1. The molecule has 74 valence electrons. The zero-order valence-corrected chi connectivity index (χ0v) is 8.96. The average Bonchev–Trinajstić information content (AvgIpc) is 2.59. The van der Waals surface area contributed by atoms with Gasteiger partial charge in [-0.05, 0) is 6.07 Å². The number of thioether (sulfide) groups is 1. The van der Waals surface area contributed by atoms with Crippen LogP contribution in [0.15, 0.2) is 10.3 Å². The summed E-state index contributed by atoms with van der Waals surface area (Å²) in [6, 6.07) is 1.65. The molecule has 0 aliphatic carbocycles. The van der Waals surface area contributed by atoms with E-state index in [4.69, 9.17) is 0 Å². The summed E-state index contributed by atoms with van der Waals surface area (Å²) in [4.78, 5) is 22.7. The Hall–Kier alpha value is -1.01. The largest absolute Gasteiger partial charge is 0.465 e. The molecule has 2 heterocycles. The molecule has 1 aliphatic rings. The summed E-state index contributed by atoms with van der Waals surface area (Å²) in [5, 5.41) is 2.70. The molecule has 0 spiro atoms. The van der Waals surface area contributed by atoms with Crippen LogP contribution in [0.1, 0.15) is 9.67 Å². The number of carbonyl (C=O) groups excluding carboxylic acids is 2. The van der Waals surface area contributed by atoms with Gasteiger partial charge in [0.25, 0.3) is 0 Å². The molecular formula is C8H7NO3S2. The first kappa shape index (κ1) is 9.54. The minimum atomic E-state index is -0.362. The van der Waals surface area contributed by atoms with E-state index in [1.807, 2.05) is 0 Å². The molecule has 1 aliphatic heterocycles. The summed E-state index contributed by atoms with van der Waals surface area (Å²) in [6.45, 7) is 0. The number of anilines is 1. The molecule has 4 nitrogen and oxygen atoms in total. The quantitative estimate of drug-likeness (QED) is 0.743. The van der Waals surface area contributed by atoms with Crippen LogP contribution in [-0.4, -0.2) is 24.7 Å². The zero-order chi connectivity index (χ0) is 10.1. The summed E-state index contributed by atoms with van der Waals surface area (Å²) < 4.78 is 5.55. The third-order valence-electron chi connectivity index (χ3n) is 1.69. The number of ether oxygens (including phenoxy) is 1. The number of hydrogen-bond acceptors (Lipinski definition) is 5. The first-order valence-electron chi connectivity index (χ1n) is 3.85. The lowest BCUT2D eigenvalue weighted by molar-refractivity contribution is -0.113. The van der Waals surface area contributed by atoms with Crippen LogP contribution in [-0.2, 0) is 9.53 Å². The van der Waals surface area contributed by atoms with Gasteiger partial charge >= 0.3 is 5.97 Å². The highest BCUT2D eigenvalue weighted by Crippen LogP contribution is 2.39. The van der Waals surface area contributed by atoms with E-state index in [9.17, 15) is 9.59 Å². The molecule has 6 heteroatoms. The van der Waals surface area contributed by atoms with Crippen molar-refractivity contribution < 1.29 is 14.3 Å². The van der Waals surface area contributed by atoms with Crippen LogP contribution >= 0.6 is 23.1 Å². The molecule has 0 saturated carbocycles. The van der Waals surface area contributed by atoms with Crippen molar-refractivity contribution in [2.24, 2.45) is 0 Å². The number of amides is 1. The Morgan fingerprint density at radius 3 is 3.14 bits per heavy atom. The van der Waals surface area contributed by atoms with Gasteiger partial charge in [-0.3, -0.25) is 4.79 Å².